The van der Waals surface area contributed by atoms with E-state index in [4.69, 9.17) is 16.6 Å². The Bertz CT molecular complexity index is 1310. The summed E-state index contributed by atoms with van der Waals surface area (Å²) in [6.45, 7) is 5.67. The Morgan fingerprint density at radius 1 is 0.941 bits per heavy atom. The number of aromatic nitrogens is 1. The molecule has 0 saturated carbocycles. The SMILES string of the molecule is Cc1c(Cl)ccc2sc(N3CCN(C(=O)c4ccc(S(=O)(=O)N5CCCCC5)cc4)CC3)nc12. The van der Waals surface area contributed by atoms with Gasteiger partial charge in [0.05, 0.1) is 15.1 Å². The highest BCUT2D eigenvalue weighted by Gasteiger charge is 2.27. The second-order valence-electron chi connectivity index (χ2n) is 8.78. The summed E-state index contributed by atoms with van der Waals surface area (Å²) in [5, 5.41) is 1.66. The van der Waals surface area contributed by atoms with Crippen LogP contribution >= 0.6 is 22.9 Å². The third kappa shape index (κ3) is 4.42. The molecule has 3 heterocycles. The van der Waals surface area contributed by atoms with Crippen molar-refractivity contribution in [1.82, 2.24) is 14.2 Å². The van der Waals surface area contributed by atoms with Gasteiger partial charge in [-0.1, -0.05) is 29.4 Å². The number of thiazole rings is 1. The van der Waals surface area contributed by atoms with Gasteiger partial charge in [0, 0.05) is 49.9 Å². The molecule has 34 heavy (non-hydrogen) atoms. The van der Waals surface area contributed by atoms with E-state index in [1.165, 1.54) is 0 Å². The molecule has 7 nitrogen and oxygen atoms in total. The molecule has 2 fully saturated rings. The first-order chi connectivity index (χ1) is 16.3. The number of amides is 1. The third-order valence-corrected chi connectivity index (χ3v) is 10.0. The largest absolute Gasteiger partial charge is 0.345 e. The number of halogens is 1. The molecule has 1 aromatic heterocycles. The highest BCUT2D eigenvalue weighted by molar-refractivity contribution is 7.89. The molecule has 2 aliphatic rings. The van der Waals surface area contributed by atoms with Gasteiger partial charge in [-0.15, -0.1) is 0 Å². The van der Waals surface area contributed by atoms with E-state index in [-0.39, 0.29) is 10.8 Å². The minimum absolute atomic E-state index is 0.0755. The van der Waals surface area contributed by atoms with Crippen LogP contribution in [0.1, 0.15) is 35.2 Å². The Labute approximate surface area is 209 Å². The number of piperidine rings is 1. The maximum atomic E-state index is 13.0. The van der Waals surface area contributed by atoms with Gasteiger partial charge in [0.1, 0.15) is 0 Å². The van der Waals surface area contributed by atoms with Crippen molar-refractivity contribution >= 4 is 54.2 Å². The van der Waals surface area contributed by atoms with Crippen LogP contribution in [0.4, 0.5) is 5.13 Å². The second kappa shape index (κ2) is 9.45. The normalized spacial score (nSPS) is 17.9. The Morgan fingerprint density at radius 2 is 1.62 bits per heavy atom. The molecule has 10 heteroatoms. The van der Waals surface area contributed by atoms with Gasteiger partial charge in [-0.2, -0.15) is 4.31 Å². The molecule has 0 bridgehead atoms. The Balaban J connectivity index is 1.24. The van der Waals surface area contributed by atoms with E-state index < -0.39 is 10.0 Å². The molecule has 2 aliphatic heterocycles. The molecule has 0 N–H and O–H groups in total. The van der Waals surface area contributed by atoms with E-state index in [2.05, 4.69) is 4.90 Å². The van der Waals surface area contributed by atoms with E-state index in [9.17, 15) is 13.2 Å². The molecule has 5 rings (SSSR count). The zero-order valence-corrected chi connectivity index (χ0v) is 21.4. The summed E-state index contributed by atoms with van der Waals surface area (Å²) in [7, 11) is -3.50. The van der Waals surface area contributed by atoms with E-state index in [1.807, 2.05) is 24.0 Å². The number of aryl methyl sites for hydroxylation is 1. The molecule has 3 aromatic rings. The summed E-state index contributed by atoms with van der Waals surface area (Å²) in [5.74, 6) is -0.0755. The molecule has 0 aliphatic carbocycles. The minimum atomic E-state index is -3.50. The van der Waals surface area contributed by atoms with Crippen LogP contribution in [0.15, 0.2) is 41.3 Å². The number of fused-ring (bicyclic) bond motifs is 1. The van der Waals surface area contributed by atoms with E-state index in [1.54, 1.807) is 39.9 Å². The number of piperazine rings is 1. The first kappa shape index (κ1) is 23.5. The number of carbonyl (C=O) groups excluding carboxylic acids is 1. The molecule has 2 aromatic carbocycles. The van der Waals surface area contributed by atoms with Crippen molar-refractivity contribution in [3.05, 3.63) is 52.5 Å². The van der Waals surface area contributed by atoms with Gasteiger partial charge in [0.25, 0.3) is 5.91 Å². The average molecular weight is 519 g/mol. The Hall–Kier alpha value is -2.20. The van der Waals surface area contributed by atoms with Crippen molar-refractivity contribution in [2.75, 3.05) is 44.2 Å². The number of carbonyl (C=O) groups is 1. The summed E-state index contributed by atoms with van der Waals surface area (Å²) < 4.78 is 28.4. The lowest BCUT2D eigenvalue weighted by Gasteiger charge is -2.34. The predicted octanol–water partition coefficient (Wildman–Crippen LogP) is 4.40. The Kier molecular flexibility index (Phi) is 6.54. The lowest BCUT2D eigenvalue weighted by molar-refractivity contribution is 0.0746. The van der Waals surface area contributed by atoms with Gasteiger partial charge in [-0.3, -0.25) is 4.79 Å². The van der Waals surface area contributed by atoms with Crippen molar-refractivity contribution in [2.45, 2.75) is 31.1 Å². The van der Waals surface area contributed by atoms with Crippen molar-refractivity contribution in [3.63, 3.8) is 0 Å². The molecular formula is C24H27ClN4O3S2. The number of nitrogens with zero attached hydrogens (tertiary/aromatic N) is 4. The van der Waals surface area contributed by atoms with Crippen LogP contribution in [0.5, 0.6) is 0 Å². The topological polar surface area (TPSA) is 73.8 Å². The molecule has 0 spiro atoms. The number of benzene rings is 2. The third-order valence-electron chi connectivity index (χ3n) is 6.63. The molecule has 0 unspecified atom stereocenters. The fraction of sp³-hybridized carbons (Fsp3) is 0.417. The van der Waals surface area contributed by atoms with Crippen LogP contribution < -0.4 is 4.90 Å². The predicted molar refractivity (Wildman–Crippen MR) is 137 cm³/mol. The van der Waals surface area contributed by atoms with Gasteiger partial charge in [-0.05, 0) is 61.7 Å². The van der Waals surface area contributed by atoms with E-state index in [0.717, 1.165) is 45.2 Å². The zero-order valence-electron chi connectivity index (χ0n) is 19.0. The van der Waals surface area contributed by atoms with E-state index >= 15 is 0 Å². The second-order valence-corrected chi connectivity index (χ2v) is 12.1. The lowest BCUT2D eigenvalue weighted by Crippen LogP contribution is -2.48. The monoisotopic (exact) mass is 518 g/mol. The molecule has 180 valence electrons. The van der Waals surface area contributed by atoms with Crippen LogP contribution in [0.2, 0.25) is 5.02 Å². The van der Waals surface area contributed by atoms with Crippen LogP contribution in [-0.2, 0) is 10.0 Å². The van der Waals surface area contributed by atoms with Gasteiger partial charge >= 0.3 is 0 Å². The number of sulfonamides is 1. The minimum Gasteiger partial charge on any atom is -0.345 e. The summed E-state index contributed by atoms with van der Waals surface area (Å²) in [6.07, 6.45) is 2.86. The van der Waals surface area contributed by atoms with Crippen LogP contribution in [0, 0.1) is 6.92 Å². The van der Waals surface area contributed by atoms with Gasteiger partial charge < -0.3 is 9.80 Å². The quantitative estimate of drug-likeness (QED) is 0.512. The first-order valence-electron chi connectivity index (χ1n) is 11.5. The van der Waals surface area contributed by atoms with Gasteiger partial charge in [0.15, 0.2) is 5.13 Å². The average Bonchev–Trinajstić information content (AvgIpc) is 3.32. The Morgan fingerprint density at radius 3 is 2.29 bits per heavy atom. The first-order valence-corrected chi connectivity index (χ1v) is 14.2. The summed E-state index contributed by atoms with van der Waals surface area (Å²) in [5.41, 5.74) is 2.43. The lowest BCUT2D eigenvalue weighted by atomic mass is 10.2. The maximum absolute atomic E-state index is 13.0. The number of rotatable bonds is 4. The molecular weight excluding hydrogens is 492 g/mol. The van der Waals surface area contributed by atoms with Crippen molar-refractivity contribution in [3.8, 4) is 0 Å². The maximum Gasteiger partial charge on any atom is 0.253 e. The van der Waals surface area contributed by atoms with Crippen LogP contribution in [-0.4, -0.2) is 67.8 Å². The molecule has 0 radical (unpaired) electrons. The number of anilines is 1. The number of hydrogen-bond donors (Lipinski definition) is 0. The van der Waals surface area contributed by atoms with E-state index in [0.29, 0.717) is 44.8 Å². The number of hydrogen-bond acceptors (Lipinski definition) is 6. The highest BCUT2D eigenvalue weighted by atomic mass is 35.5. The van der Waals surface area contributed by atoms with Crippen molar-refractivity contribution in [1.29, 1.82) is 0 Å². The highest BCUT2D eigenvalue weighted by Crippen LogP contribution is 2.34. The van der Waals surface area contributed by atoms with Crippen LogP contribution in [0.25, 0.3) is 10.2 Å². The fourth-order valence-corrected chi connectivity index (χ4v) is 7.28. The zero-order chi connectivity index (χ0) is 23.9. The molecule has 1 amide bonds. The van der Waals surface area contributed by atoms with Crippen molar-refractivity contribution < 1.29 is 13.2 Å². The summed E-state index contributed by atoms with van der Waals surface area (Å²) in [6, 6.07) is 10.3. The van der Waals surface area contributed by atoms with Gasteiger partial charge in [0.2, 0.25) is 10.0 Å². The summed E-state index contributed by atoms with van der Waals surface area (Å²) >= 11 is 7.88. The molecule has 0 atom stereocenters. The van der Waals surface area contributed by atoms with Gasteiger partial charge in [-0.25, -0.2) is 13.4 Å². The molecule has 2 saturated heterocycles. The fourth-order valence-electron chi connectivity index (χ4n) is 4.53. The summed E-state index contributed by atoms with van der Waals surface area (Å²) in [4.78, 5) is 22.1. The standard InChI is InChI=1S/C24H27ClN4O3S2/c1-17-20(25)9-10-21-22(17)26-24(33-21)28-15-13-27(14-16-28)23(30)18-5-7-19(8-6-18)34(31,32)29-11-3-2-4-12-29/h5-10H,2-4,11-16H2,1H3. The van der Waals surface area contributed by atoms with Crippen LogP contribution in [0.3, 0.4) is 0 Å². The van der Waals surface area contributed by atoms with Crippen molar-refractivity contribution in [2.24, 2.45) is 0 Å². The smallest absolute Gasteiger partial charge is 0.253 e.